The van der Waals surface area contributed by atoms with Crippen LogP contribution in [0.1, 0.15) is 24.4 Å². The van der Waals surface area contributed by atoms with Crippen molar-refractivity contribution in [1.29, 1.82) is 0 Å². The lowest BCUT2D eigenvalue weighted by Crippen LogP contribution is -2.38. The number of fused-ring (bicyclic) bond motifs is 5. The maximum Gasteiger partial charge on any atom is 0.234 e. The highest BCUT2D eigenvalue weighted by Crippen LogP contribution is 2.54. The quantitative estimate of drug-likeness (QED) is 0.399. The van der Waals surface area contributed by atoms with Crippen molar-refractivity contribution in [1.82, 2.24) is 9.88 Å². The molecule has 6 rings (SSSR count). The Labute approximate surface area is 205 Å². The third-order valence-electron chi connectivity index (χ3n) is 7.25. The number of carbonyl (C=O) groups is 3. The second-order valence-corrected chi connectivity index (χ2v) is 10.1. The van der Waals surface area contributed by atoms with Gasteiger partial charge in [0.05, 0.1) is 30.0 Å². The number of hydrogen-bond acceptors (Lipinski definition) is 5. The Morgan fingerprint density at radius 2 is 1.77 bits per heavy atom. The fourth-order valence-corrected chi connectivity index (χ4v) is 6.46. The van der Waals surface area contributed by atoms with E-state index in [9.17, 15) is 18.8 Å². The first-order valence-corrected chi connectivity index (χ1v) is 12.5. The van der Waals surface area contributed by atoms with E-state index < -0.39 is 17.8 Å². The summed E-state index contributed by atoms with van der Waals surface area (Å²) < 4.78 is 14.1. The second-order valence-electron chi connectivity index (χ2n) is 9.27. The monoisotopic (exact) mass is 487 g/mol. The number of likely N-dealkylation sites (tertiary alicyclic amines) is 1. The lowest BCUT2D eigenvalue weighted by molar-refractivity contribution is -0.144. The van der Waals surface area contributed by atoms with Gasteiger partial charge in [-0.25, -0.2) is 9.37 Å². The van der Waals surface area contributed by atoms with E-state index in [2.05, 4.69) is 10.3 Å². The van der Waals surface area contributed by atoms with Crippen molar-refractivity contribution in [3.63, 3.8) is 0 Å². The number of halogens is 1. The summed E-state index contributed by atoms with van der Waals surface area (Å²) in [4.78, 5) is 45.6. The smallest absolute Gasteiger partial charge is 0.234 e. The van der Waals surface area contributed by atoms with Gasteiger partial charge in [0.1, 0.15) is 5.82 Å². The predicted molar refractivity (Wildman–Crippen MR) is 130 cm³/mol. The first kappa shape index (κ1) is 21.9. The number of aromatic nitrogens is 1. The maximum absolute atomic E-state index is 14.1. The van der Waals surface area contributed by atoms with Crippen LogP contribution in [-0.2, 0) is 14.4 Å². The average Bonchev–Trinajstić information content (AvgIpc) is 3.63. The molecule has 5 unspecified atom stereocenters. The largest absolute Gasteiger partial charge is 0.302 e. The van der Waals surface area contributed by atoms with E-state index in [0.717, 1.165) is 17.7 Å². The minimum Gasteiger partial charge on any atom is -0.302 e. The molecule has 3 aliphatic rings. The van der Waals surface area contributed by atoms with Crippen molar-refractivity contribution in [2.75, 3.05) is 5.32 Å². The van der Waals surface area contributed by atoms with Crippen molar-refractivity contribution in [3.05, 3.63) is 83.5 Å². The van der Waals surface area contributed by atoms with Gasteiger partial charge in [-0.2, -0.15) is 0 Å². The van der Waals surface area contributed by atoms with Crippen molar-refractivity contribution >= 4 is 34.2 Å². The summed E-state index contributed by atoms with van der Waals surface area (Å²) in [7, 11) is 0. The number of benzene rings is 2. The van der Waals surface area contributed by atoms with Gasteiger partial charge in [-0.15, -0.1) is 11.3 Å². The van der Waals surface area contributed by atoms with Crippen LogP contribution in [0.4, 0.5) is 9.52 Å². The topological polar surface area (TPSA) is 79.4 Å². The number of imide groups is 1. The molecule has 2 bridgehead atoms. The highest BCUT2D eigenvalue weighted by molar-refractivity contribution is 7.14. The van der Waals surface area contributed by atoms with E-state index in [4.69, 9.17) is 0 Å². The SMILES string of the molecule is O=C(CC(c1cccc(F)c1)N1C(=O)C2C3C=CC(C3)C2C1=O)Nc1nc(-c2ccccc2)cs1. The number of nitrogens with zero attached hydrogens (tertiary/aromatic N) is 2. The van der Waals surface area contributed by atoms with Gasteiger partial charge in [-0.1, -0.05) is 54.6 Å². The number of rotatable bonds is 6. The van der Waals surface area contributed by atoms with Crippen LogP contribution in [0.15, 0.2) is 72.1 Å². The zero-order chi connectivity index (χ0) is 24.1. The molecule has 5 atom stereocenters. The summed E-state index contributed by atoms with van der Waals surface area (Å²) in [5, 5.41) is 5.07. The molecule has 8 heteroatoms. The van der Waals surface area contributed by atoms with Crippen LogP contribution in [0.2, 0.25) is 0 Å². The molecule has 0 radical (unpaired) electrons. The minimum absolute atomic E-state index is 0.0557. The van der Waals surface area contributed by atoms with Gasteiger partial charge in [-0.3, -0.25) is 19.3 Å². The zero-order valence-corrected chi connectivity index (χ0v) is 19.5. The molecule has 3 aromatic rings. The Kier molecular flexibility index (Phi) is 5.33. The van der Waals surface area contributed by atoms with Crippen LogP contribution < -0.4 is 5.32 Å². The highest BCUT2D eigenvalue weighted by atomic mass is 32.1. The zero-order valence-electron chi connectivity index (χ0n) is 18.6. The molecule has 1 N–H and O–H groups in total. The van der Waals surface area contributed by atoms with E-state index in [1.54, 1.807) is 6.07 Å². The lowest BCUT2D eigenvalue weighted by Gasteiger charge is -2.28. The van der Waals surface area contributed by atoms with Gasteiger partial charge < -0.3 is 5.32 Å². The summed E-state index contributed by atoms with van der Waals surface area (Å²) in [6.45, 7) is 0. The van der Waals surface area contributed by atoms with E-state index in [-0.39, 0.29) is 41.9 Å². The average molecular weight is 488 g/mol. The Morgan fingerprint density at radius 3 is 2.46 bits per heavy atom. The van der Waals surface area contributed by atoms with Crippen LogP contribution in [-0.4, -0.2) is 27.6 Å². The molecule has 2 aromatic carbocycles. The fourth-order valence-electron chi connectivity index (χ4n) is 5.72. The summed E-state index contributed by atoms with van der Waals surface area (Å²) >= 11 is 1.29. The maximum atomic E-state index is 14.1. The number of thiazole rings is 1. The molecule has 0 spiro atoms. The number of amides is 3. The Morgan fingerprint density at radius 1 is 1.06 bits per heavy atom. The Bertz CT molecular complexity index is 1320. The molecule has 35 heavy (non-hydrogen) atoms. The second kappa shape index (κ2) is 8.53. The fraction of sp³-hybridized carbons (Fsp3) is 0.259. The molecule has 1 saturated carbocycles. The molecule has 1 saturated heterocycles. The molecule has 2 aliphatic carbocycles. The van der Waals surface area contributed by atoms with E-state index in [1.165, 1.54) is 34.4 Å². The van der Waals surface area contributed by atoms with E-state index in [1.807, 2.05) is 47.9 Å². The third-order valence-corrected chi connectivity index (χ3v) is 8.01. The summed E-state index contributed by atoms with van der Waals surface area (Å²) in [6.07, 6.45) is 4.69. The minimum atomic E-state index is -0.885. The van der Waals surface area contributed by atoms with Gasteiger partial charge in [0, 0.05) is 10.9 Å². The molecule has 1 aliphatic heterocycles. The van der Waals surface area contributed by atoms with E-state index in [0.29, 0.717) is 10.7 Å². The van der Waals surface area contributed by atoms with Crippen LogP contribution in [0.25, 0.3) is 11.3 Å². The highest BCUT2D eigenvalue weighted by Gasteiger charge is 2.60. The molecule has 6 nitrogen and oxygen atoms in total. The molecule has 3 amide bonds. The normalized spacial score (nSPS) is 25.2. The summed E-state index contributed by atoms with van der Waals surface area (Å²) in [6, 6.07) is 14.5. The number of carbonyl (C=O) groups excluding carboxylic acids is 3. The molecular formula is C27H22FN3O3S. The van der Waals surface area contributed by atoms with Gasteiger partial charge in [0.2, 0.25) is 17.7 Å². The van der Waals surface area contributed by atoms with Gasteiger partial charge in [0.15, 0.2) is 5.13 Å². The van der Waals surface area contributed by atoms with Gasteiger partial charge in [0.25, 0.3) is 0 Å². The summed E-state index contributed by atoms with van der Waals surface area (Å²) in [5.41, 5.74) is 2.10. The third kappa shape index (κ3) is 3.78. The van der Waals surface area contributed by atoms with Gasteiger partial charge in [-0.05, 0) is 36.0 Å². The molecule has 2 fully saturated rings. The number of hydrogen-bond donors (Lipinski definition) is 1. The van der Waals surface area contributed by atoms with Crippen LogP contribution >= 0.6 is 11.3 Å². The van der Waals surface area contributed by atoms with Crippen molar-refractivity contribution in [3.8, 4) is 11.3 Å². The Hall–Kier alpha value is -3.65. The van der Waals surface area contributed by atoms with Crippen molar-refractivity contribution in [2.24, 2.45) is 23.7 Å². The first-order valence-electron chi connectivity index (χ1n) is 11.6. The van der Waals surface area contributed by atoms with Crippen LogP contribution in [0, 0.1) is 29.5 Å². The standard InChI is InChI=1S/C27H22FN3O3S/c28-19-8-4-7-16(12-19)21(31-25(33)23-17-9-10-18(11-17)24(23)26(31)34)13-22(32)30-27-29-20(14-35-27)15-5-2-1-3-6-15/h1-10,12,14,17-18,21,23-24H,11,13H2,(H,29,30,32). The van der Waals surface area contributed by atoms with Crippen molar-refractivity contribution in [2.45, 2.75) is 18.9 Å². The lowest BCUT2D eigenvalue weighted by atomic mass is 9.85. The van der Waals surface area contributed by atoms with E-state index >= 15 is 0 Å². The molecule has 176 valence electrons. The van der Waals surface area contributed by atoms with Crippen molar-refractivity contribution < 1.29 is 18.8 Å². The number of nitrogens with one attached hydrogen (secondary N) is 1. The molecule has 2 heterocycles. The molecular weight excluding hydrogens is 465 g/mol. The van der Waals surface area contributed by atoms with Crippen LogP contribution in [0.3, 0.4) is 0 Å². The number of allylic oxidation sites excluding steroid dienone is 2. The summed E-state index contributed by atoms with van der Waals surface area (Å²) in [5.74, 6) is -2.07. The predicted octanol–water partition coefficient (Wildman–Crippen LogP) is 4.83. The van der Waals surface area contributed by atoms with Gasteiger partial charge >= 0.3 is 0 Å². The first-order chi connectivity index (χ1) is 17.0. The van der Waals surface area contributed by atoms with Crippen LogP contribution in [0.5, 0.6) is 0 Å². The number of anilines is 1. The Balaban J connectivity index is 1.26. The molecule has 1 aromatic heterocycles.